The topological polar surface area (TPSA) is 71.1 Å². The molecule has 0 aliphatic carbocycles. The van der Waals surface area contributed by atoms with E-state index in [1.807, 2.05) is 11.0 Å². The van der Waals surface area contributed by atoms with Gasteiger partial charge < -0.3 is 9.80 Å². The van der Waals surface area contributed by atoms with E-state index in [1.54, 1.807) is 47.4 Å². The summed E-state index contributed by atoms with van der Waals surface area (Å²) in [5.74, 6) is -0.748. The second-order valence-corrected chi connectivity index (χ2v) is 9.37. The van der Waals surface area contributed by atoms with Gasteiger partial charge in [0.15, 0.2) is 0 Å². The first-order chi connectivity index (χ1) is 16.8. The SMILES string of the molecule is N#Cc1cccc(C(=O)N2CC[C@H](N(Cc3cc(F)c(Cl)cc3Cl)c3ccc(C#N)c(Cl)c3)C2)c1. The maximum atomic E-state index is 14.2. The van der Waals surface area contributed by atoms with Crippen LogP contribution < -0.4 is 4.90 Å². The first-order valence-corrected chi connectivity index (χ1v) is 11.8. The monoisotopic (exact) mass is 526 g/mol. The van der Waals surface area contributed by atoms with Crippen molar-refractivity contribution in [1.29, 1.82) is 10.5 Å². The highest BCUT2D eigenvalue weighted by Crippen LogP contribution is 2.32. The molecule has 0 radical (unpaired) electrons. The molecule has 1 fully saturated rings. The largest absolute Gasteiger partial charge is 0.362 e. The second kappa shape index (κ2) is 10.5. The van der Waals surface area contributed by atoms with Crippen LogP contribution in [0.15, 0.2) is 54.6 Å². The minimum absolute atomic E-state index is 0.0658. The summed E-state index contributed by atoms with van der Waals surface area (Å²) < 4.78 is 14.2. The van der Waals surface area contributed by atoms with Gasteiger partial charge in [-0.25, -0.2) is 4.39 Å². The number of anilines is 1. The van der Waals surface area contributed by atoms with Crippen molar-refractivity contribution in [1.82, 2.24) is 4.90 Å². The maximum Gasteiger partial charge on any atom is 0.253 e. The van der Waals surface area contributed by atoms with Crippen molar-refractivity contribution in [2.75, 3.05) is 18.0 Å². The van der Waals surface area contributed by atoms with Crippen LogP contribution in [0.2, 0.25) is 15.1 Å². The van der Waals surface area contributed by atoms with Gasteiger partial charge in [-0.1, -0.05) is 40.9 Å². The number of nitriles is 2. The highest BCUT2D eigenvalue weighted by Gasteiger charge is 2.32. The number of carbonyl (C=O) groups is 1. The summed E-state index contributed by atoms with van der Waals surface area (Å²) in [6, 6.07) is 18.3. The number of benzene rings is 3. The molecular weight excluding hydrogens is 510 g/mol. The number of rotatable bonds is 5. The Kier molecular flexibility index (Phi) is 7.48. The molecule has 1 heterocycles. The van der Waals surface area contributed by atoms with Crippen molar-refractivity contribution in [3.8, 4) is 12.1 Å². The van der Waals surface area contributed by atoms with Crippen molar-refractivity contribution in [3.05, 3.63) is 97.7 Å². The van der Waals surface area contributed by atoms with E-state index in [4.69, 9.17) is 40.1 Å². The number of amides is 1. The van der Waals surface area contributed by atoms with Gasteiger partial charge in [0.2, 0.25) is 0 Å². The van der Waals surface area contributed by atoms with Gasteiger partial charge in [0.05, 0.1) is 27.2 Å². The van der Waals surface area contributed by atoms with Crippen molar-refractivity contribution in [3.63, 3.8) is 0 Å². The smallest absolute Gasteiger partial charge is 0.253 e. The Morgan fingerprint density at radius 1 is 1.03 bits per heavy atom. The number of nitrogens with zero attached hydrogens (tertiary/aromatic N) is 4. The molecule has 9 heteroatoms. The summed E-state index contributed by atoms with van der Waals surface area (Å²) in [4.78, 5) is 16.8. The van der Waals surface area contributed by atoms with Crippen molar-refractivity contribution >= 4 is 46.4 Å². The Balaban J connectivity index is 1.64. The molecule has 35 heavy (non-hydrogen) atoms. The molecule has 1 amide bonds. The fourth-order valence-corrected chi connectivity index (χ4v) is 4.82. The normalized spacial score (nSPS) is 14.9. The quantitative estimate of drug-likeness (QED) is 0.358. The standard InChI is InChI=1S/C26H18Cl3FN4O/c27-22-10-20(5-4-18(22)13-32)34(14-19-9-25(30)24(29)11-23(19)28)21-6-7-33(15-21)26(35)17-3-1-2-16(8-17)12-31/h1-5,8-11,21H,6-7,14-15H2/t21-/m0/s1. The van der Waals surface area contributed by atoms with Crippen LogP contribution in [0.25, 0.3) is 0 Å². The molecule has 176 valence electrons. The van der Waals surface area contributed by atoms with E-state index >= 15 is 0 Å². The molecule has 0 bridgehead atoms. The summed E-state index contributed by atoms with van der Waals surface area (Å²) in [6.45, 7) is 1.15. The fraction of sp³-hybridized carbons (Fsp3) is 0.192. The molecule has 3 aromatic carbocycles. The molecule has 0 saturated carbocycles. The number of likely N-dealkylation sites (tertiary alicyclic amines) is 1. The van der Waals surface area contributed by atoms with Crippen LogP contribution >= 0.6 is 34.8 Å². The lowest BCUT2D eigenvalue weighted by molar-refractivity contribution is 0.0790. The highest BCUT2D eigenvalue weighted by atomic mass is 35.5. The number of halogens is 4. The van der Waals surface area contributed by atoms with E-state index in [-0.39, 0.29) is 23.5 Å². The Bertz CT molecular complexity index is 1380. The van der Waals surface area contributed by atoms with Crippen LogP contribution in [-0.2, 0) is 6.54 Å². The molecule has 3 aromatic rings. The van der Waals surface area contributed by atoms with Crippen molar-refractivity contribution in [2.45, 2.75) is 19.0 Å². The van der Waals surface area contributed by atoms with Gasteiger partial charge in [-0.2, -0.15) is 10.5 Å². The first kappa shape index (κ1) is 24.8. The summed E-state index contributed by atoms with van der Waals surface area (Å²) in [6.07, 6.45) is 0.648. The maximum absolute atomic E-state index is 14.2. The summed E-state index contributed by atoms with van der Waals surface area (Å²) in [7, 11) is 0. The minimum atomic E-state index is -0.579. The zero-order valence-corrected chi connectivity index (χ0v) is 20.6. The van der Waals surface area contributed by atoms with E-state index < -0.39 is 5.82 Å². The lowest BCUT2D eigenvalue weighted by atomic mass is 10.1. The molecule has 0 N–H and O–H groups in total. The average molecular weight is 528 g/mol. The van der Waals surface area contributed by atoms with Gasteiger partial charge in [0.1, 0.15) is 11.9 Å². The zero-order valence-electron chi connectivity index (χ0n) is 18.3. The summed E-state index contributed by atoms with van der Waals surface area (Å²) in [5.41, 5.74) is 2.44. The first-order valence-electron chi connectivity index (χ1n) is 10.7. The second-order valence-electron chi connectivity index (χ2n) is 8.15. The van der Waals surface area contributed by atoms with E-state index in [9.17, 15) is 14.4 Å². The average Bonchev–Trinajstić information content (AvgIpc) is 3.35. The summed E-state index contributed by atoms with van der Waals surface area (Å²) in [5, 5.41) is 18.9. The van der Waals surface area contributed by atoms with E-state index in [1.165, 1.54) is 12.1 Å². The minimum Gasteiger partial charge on any atom is -0.362 e. The Morgan fingerprint density at radius 2 is 1.83 bits per heavy atom. The Hall–Kier alpha value is -3.29. The van der Waals surface area contributed by atoms with E-state index in [2.05, 4.69) is 6.07 Å². The van der Waals surface area contributed by atoms with Gasteiger partial charge in [0, 0.05) is 41.9 Å². The third-order valence-electron chi connectivity index (χ3n) is 5.96. The van der Waals surface area contributed by atoms with E-state index in [0.29, 0.717) is 57.5 Å². The van der Waals surface area contributed by atoms with Crippen molar-refractivity contribution < 1.29 is 9.18 Å². The molecular formula is C26H18Cl3FN4O. The highest BCUT2D eigenvalue weighted by molar-refractivity contribution is 6.35. The zero-order chi connectivity index (χ0) is 25.1. The molecule has 0 spiro atoms. The van der Waals surface area contributed by atoms with Gasteiger partial charge in [-0.05, 0) is 60.5 Å². The predicted molar refractivity (Wildman–Crippen MR) is 134 cm³/mol. The van der Waals surface area contributed by atoms with Crippen molar-refractivity contribution in [2.24, 2.45) is 0 Å². The van der Waals surface area contributed by atoms with E-state index in [0.717, 1.165) is 0 Å². The molecule has 0 aromatic heterocycles. The molecule has 1 aliphatic heterocycles. The van der Waals surface area contributed by atoms with Crippen LogP contribution in [0.3, 0.4) is 0 Å². The van der Waals surface area contributed by atoms with Gasteiger partial charge in [-0.3, -0.25) is 4.79 Å². The van der Waals surface area contributed by atoms with Crippen LogP contribution in [0.1, 0.15) is 33.5 Å². The third kappa shape index (κ3) is 5.36. The number of hydrogen-bond acceptors (Lipinski definition) is 4. The molecule has 1 atom stereocenters. The van der Waals surface area contributed by atoms with Gasteiger partial charge in [-0.15, -0.1) is 0 Å². The van der Waals surface area contributed by atoms with Gasteiger partial charge in [0.25, 0.3) is 5.91 Å². The van der Waals surface area contributed by atoms with Crippen LogP contribution in [0.4, 0.5) is 10.1 Å². The molecule has 4 rings (SSSR count). The molecule has 5 nitrogen and oxygen atoms in total. The fourth-order valence-electron chi connectivity index (χ4n) is 4.16. The lowest BCUT2D eigenvalue weighted by Gasteiger charge is -2.32. The van der Waals surface area contributed by atoms with Crippen LogP contribution in [-0.4, -0.2) is 29.9 Å². The molecule has 1 aliphatic rings. The Morgan fingerprint density at radius 3 is 2.54 bits per heavy atom. The Labute approximate surface area is 217 Å². The molecule has 0 unspecified atom stereocenters. The molecule has 1 saturated heterocycles. The third-order valence-corrected chi connectivity index (χ3v) is 6.92. The van der Waals surface area contributed by atoms with Gasteiger partial charge >= 0.3 is 0 Å². The van der Waals surface area contributed by atoms with Crippen LogP contribution in [0.5, 0.6) is 0 Å². The lowest BCUT2D eigenvalue weighted by Crippen LogP contribution is -2.38. The number of carbonyl (C=O) groups excluding carboxylic acids is 1. The summed E-state index contributed by atoms with van der Waals surface area (Å²) >= 11 is 18.5. The van der Waals surface area contributed by atoms with Crippen LogP contribution in [0, 0.1) is 28.5 Å². The predicted octanol–water partition coefficient (Wildman–Crippen LogP) is 6.45. The number of hydrogen-bond donors (Lipinski definition) is 0.